The molecule has 0 aliphatic carbocycles. The molecule has 120 valence electrons. The molecule has 0 spiro atoms. The Morgan fingerprint density at radius 1 is 1.27 bits per heavy atom. The fourth-order valence-electron chi connectivity index (χ4n) is 2.35. The van der Waals surface area contributed by atoms with Crippen molar-refractivity contribution in [2.45, 2.75) is 12.2 Å². The van der Waals surface area contributed by atoms with Crippen molar-refractivity contribution in [2.24, 2.45) is 5.92 Å². The number of likely N-dealkylation sites (tertiary alicyclic amines) is 1. The molecule has 1 amide bonds. The molecule has 1 aliphatic rings. The van der Waals surface area contributed by atoms with Gasteiger partial charge in [-0.1, -0.05) is 28.1 Å². The molecule has 6 nitrogen and oxygen atoms in total. The van der Waals surface area contributed by atoms with Gasteiger partial charge in [-0.05, 0) is 24.1 Å². The van der Waals surface area contributed by atoms with Crippen molar-refractivity contribution < 1.29 is 23.1 Å². The van der Waals surface area contributed by atoms with Gasteiger partial charge in [-0.25, -0.2) is 8.42 Å². The van der Waals surface area contributed by atoms with Gasteiger partial charge in [-0.3, -0.25) is 9.59 Å². The number of hydrogen-bond donors (Lipinski definition) is 1. The first-order valence-electron chi connectivity index (χ1n) is 6.72. The minimum Gasteiger partial charge on any atom is -0.481 e. The quantitative estimate of drug-likeness (QED) is 0.818. The molecular formula is C14H16BrNO5S. The lowest BCUT2D eigenvalue weighted by atomic mass is 10.1. The molecular weight excluding hydrogens is 374 g/mol. The smallest absolute Gasteiger partial charge is 0.308 e. The Labute approximate surface area is 137 Å². The van der Waals surface area contributed by atoms with Crippen molar-refractivity contribution in [1.82, 2.24) is 4.90 Å². The zero-order valence-corrected chi connectivity index (χ0v) is 14.1. The number of carbonyl (C=O) groups is 2. The highest BCUT2D eigenvalue weighted by molar-refractivity contribution is 9.10. The maximum absolute atomic E-state index is 12.1. The van der Waals surface area contributed by atoms with Crippen molar-refractivity contribution >= 4 is 37.6 Å². The SMILES string of the molecule is O=C(O)[C@H]1CCN(C(=O)CS(=O)(=O)Cc2ccc(Br)cc2)C1. The number of amides is 1. The summed E-state index contributed by atoms with van der Waals surface area (Å²) in [7, 11) is -3.58. The highest BCUT2D eigenvalue weighted by Gasteiger charge is 2.32. The molecule has 0 unspecified atom stereocenters. The minimum absolute atomic E-state index is 0.0853. The maximum atomic E-state index is 12.1. The summed E-state index contributed by atoms with van der Waals surface area (Å²) >= 11 is 3.27. The molecule has 1 N–H and O–H groups in total. The van der Waals surface area contributed by atoms with E-state index in [1.54, 1.807) is 24.3 Å². The van der Waals surface area contributed by atoms with E-state index in [1.807, 2.05) is 0 Å². The average molecular weight is 390 g/mol. The second-order valence-electron chi connectivity index (χ2n) is 5.32. The van der Waals surface area contributed by atoms with Crippen LogP contribution in [0.25, 0.3) is 0 Å². The van der Waals surface area contributed by atoms with Crippen LogP contribution in [0, 0.1) is 5.92 Å². The van der Waals surface area contributed by atoms with E-state index in [1.165, 1.54) is 4.90 Å². The number of nitrogens with zero attached hydrogens (tertiary/aromatic N) is 1. The van der Waals surface area contributed by atoms with Crippen LogP contribution in [0.15, 0.2) is 28.7 Å². The number of carboxylic acid groups (broad SMARTS) is 1. The summed E-state index contributed by atoms with van der Waals surface area (Å²) in [5, 5.41) is 8.90. The van der Waals surface area contributed by atoms with E-state index in [0.717, 1.165) is 4.47 Å². The second kappa shape index (κ2) is 6.78. The van der Waals surface area contributed by atoms with Crippen molar-refractivity contribution in [3.63, 3.8) is 0 Å². The molecule has 1 aromatic rings. The van der Waals surface area contributed by atoms with Gasteiger partial charge in [0.2, 0.25) is 5.91 Å². The van der Waals surface area contributed by atoms with Crippen molar-refractivity contribution in [2.75, 3.05) is 18.8 Å². The topological polar surface area (TPSA) is 91.8 Å². The molecule has 1 aromatic carbocycles. The van der Waals surface area contributed by atoms with Gasteiger partial charge >= 0.3 is 5.97 Å². The summed E-state index contributed by atoms with van der Waals surface area (Å²) in [6, 6.07) is 6.85. The number of aliphatic carboxylic acids is 1. The summed E-state index contributed by atoms with van der Waals surface area (Å²) in [4.78, 5) is 24.2. The lowest BCUT2D eigenvalue weighted by molar-refractivity contribution is -0.141. The van der Waals surface area contributed by atoms with E-state index in [4.69, 9.17) is 5.11 Å². The monoisotopic (exact) mass is 389 g/mol. The van der Waals surface area contributed by atoms with Crippen molar-refractivity contribution in [1.29, 1.82) is 0 Å². The summed E-state index contributed by atoms with van der Waals surface area (Å²) < 4.78 is 25.0. The first-order chi connectivity index (χ1) is 10.3. The van der Waals surface area contributed by atoms with Crippen LogP contribution < -0.4 is 0 Å². The summed E-state index contributed by atoms with van der Waals surface area (Å²) in [5.74, 6) is -2.87. The Kier molecular flexibility index (Phi) is 5.23. The number of carboxylic acids is 1. The molecule has 1 saturated heterocycles. The van der Waals surface area contributed by atoms with Crippen LogP contribution >= 0.6 is 15.9 Å². The molecule has 1 atom stereocenters. The van der Waals surface area contributed by atoms with Gasteiger partial charge in [-0.2, -0.15) is 0 Å². The van der Waals surface area contributed by atoms with E-state index >= 15 is 0 Å². The molecule has 1 aliphatic heterocycles. The number of carbonyl (C=O) groups excluding carboxylic acids is 1. The highest BCUT2D eigenvalue weighted by Crippen LogP contribution is 2.18. The third-order valence-corrected chi connectivity index (χ3v) is 5.52. The van der Waals surface area contributed by atoms with Gasteiger partial charge in [0.15, 0.2) is 9.84 Å². The maximum Gasteiger partial charge on any atom is 0.308 e. The van der Waals surface area contributed by atoms with Gasteiger partial charge in [0, 0.05) is 17.6 Å². The molecule has 2 rings (SSSR count). The minimum atomic E-state index is -3.58. The van der Waals surface area contributed by atoms with Crippen LogP contribution in [0.3, 0.4) is 0 Å². The average Bonchev–Trinajstić information content (AvgIpc) is 2.90. The van der Waals surface area contributed by atoms with Crippen molar-refractivity contribution in [3.8, 4) is 0 Å². The van der Waals surface area contributed by atoms with Crippen LogP contribution in [0.4, 0.5) is 0 Å². The Hall–Kier alpha value is -1.41. The third kappa shape index (κ3) is 4.54. The molecule has 0 saturated carbocycles. The van der Waals surface area contributed by atoms with Crippen molar-refractivity contribution in [3.05, 3.63) is 34.3 Å². The molecule has 0 bridgehead atoms. The molecule has 8 heteroatoms. The van der Waals surface area contributed by atoms with Gasteiger partial charge in [0.05, 0.1) is 11.7 Å². The summed E-state index contributed by atoms with van der Waals surface area (Å²) in [6.07, 6.45) is 0.369. The van der Waals surface area contributed by atoms with Gasteiger partial charge in [0.25, 0.3) is 0 Å². The Morgan fingerprint density at radius 2 is 1.91 bits per heavy atom. The number of sulfone groups is 1. The van der Waals surface area contributed by atoms with E-state index in [0.29, 0.717) is 18.5 Å². The van der Waals surface area contributed by atoms with E-state index in [2.05, 4.69) is 15.9 Å². The zero-order chi connectivity index (χ0) is 16.3. The van der Waals surface area contributed by atoms with Gasteiger partial charge in [-0.15, -0.1) is 0 Å². The van der Waals surface area contributed by atoms with E-state index in [9.17, 15) is 18.0 Å². The third-order valence-electron chi connectivity index (χ3n) is 3.53. The van der Waals surface area contributed by atoms with Crippen LogP contribution in [0.5, 0.6) is 0 Å². The van der Waals surface area contributed by atoms with Crippen LogP contribution in [0.1, 0.15) is 12.0 Å². The number of rotatable bonds is 5. The summed E-state index contributed by atoms with van der Waals surface area (Å²) in [6.45, 7) is 0.381. The van der Waals surface area contributed by atoms with Crippen LogP contribution in [-0.2, 0) is 25.2 Å². The number of halogens is 1. The van der Waals surface area contributed by atoms with Gasteiger partial charge < -0.3 is 10.0 Å². The molecule has 1 fully saturated rings. The number of hydrogen-bond acceptors (Lipinski definition) is 4. The zero-order valence-electron chi connectivity index (χ0n) is 11.7. The molecule has 0 aromatic heterocycles. The number of benzene rings is 1. The van der Waals surface area contributed by atoms with Crippen LogP contribution in [-0.4, -0.2) is 49.1 Å². The molecule has 22 heavy (non-hydrogen) atoms. The lowest BCUT2D eigenvalue weighted by Crippen LogP contribution is -2.35. The van der Waals surface area contributed by atoms with Gasteiger partial charge in [0.1, 0.15) is 5.75 Å². The highest BCUT2D eigenvalue weighted by atomic mass is 79.9. The second-order valence-corrected chi connectivity index (χ2v) is 8.30. The Morgan fingerprint density at radius 3 is 2.45 bits per heavy atom. The Balaban J connectivity index is 1.95. The fourth-order valence-corrected chi connectivity index (χ4v) is 3.98. The predicted octanol–water partition coefficient (Wildman–Crippen LogP) is 1.30. The van der Waals surface area contributed by atoms with E-state index in [-0.39, 0.29) is 12.3 Å². The molecule has 0 radical (unpaired) electrons. The fraction of sp³-hybridized carbons (Fsp3) is 0.429. The molecule has 1 heterocycles. The Bertz CT molecular complexity index is 671. The largest absolute Gasteiger partial charge is 0.481 e. The predicted molar refractivity (Wildman–Crippen MR) is 84.0 cm³/mol. The first kappa shape index (κ1) is 17.0. The lowest BCUT2D eigenvalue weighted by Gasteiger charge is -2.15. The standard InChI is InChI=1S/C14H16BrNO5S/c15-12-3-1-10(2-4-12)8-22(20,21)9-13(17)16-6-5-11(7-16)14(18)19/h1-4,11H,5-9H2,(H,18,19)/t11-/m0/s1. The van der Waals surface area contributed by atoms with Crippen LogP contribution in [0.2, 0.25) is 0 Å². The van der Waals surface area contributed by atoms with E-state index < -0.39 is 33.4 Å². The first-order valence-corrected chi connectivity index (χ1v) is 9.34. The normalized spacial score (nSPS) is 18.4. The summed E-state index contributed by atoms with van der Waals surface area (Å²) in [5.41, 5.74) is 0.612.